The fourth-order valence-corrected chi connectivity index (χ4v) is 3.96. The van der Waals surface area contributed by atoms with Gasteiger partial charge in [0, 0.05) is 39.1 Å². The van der Waals surface area contributed by atoms with Crippen LogP contribution >= 0.6 is 0 Å². The molecule has 1 saturated heterocycles. The van der Waals surface area contributed by atoms with E-state index in [1.165, 1.54) is 31.2 Å². The van der Waals surface area contributed by atoms with Crippen LogP contribution in [0, 0.1) is 5.92 Å². The Hall–Kier alpha value is -1.55. The number of hydrogen-bond donors (Lipinski definition) is 0. The number of nitrogens with zero attached hydrogens (tertiary/aromatic N) is 2. The summed E-state index contributed by atoms with van der Waals surface area (Å²) in [7, 11) is 1.70. The standard InChI is InChI=1S/C20H30N2O2/c1-24-19-9-7-18(8-10-19)16-21-11-4-12-22(14-13-21)20(23)15-17-5-2-3-6-17/h7-10,17H,2-6,11-16H2,1H3. The molecule has 132 valence electrons. The zero-order valence-corrected chi connectivity index (χ0v) is 14.9. The van der Waals surface area contributed by atoms with Crippen LogP contribution in [0.1, 0.15) is 44.1 Å². The number of hydrogen-bond acceptors (Lipinski definition) is 3. The van der Waals surface area contributed by atoms with E-state index in [1.54, 1.807) is 7.11 Å². The Bertz CT molecular complexity index is 523. The Morgan fingerprint density at radius 1 is 1.04 bits per heavy atom. The minimum atomic E-state index is 0.383. The predicted molar refractivity (Wildman–Crippen MR) is 96.0 cm³/mol. The van der Waals surface area contributed by atoms with E-state index < -0.39 is 0 Å². The molecule has 0 aromatic heterocycles. The molecule has 1 amide bonds. The van der Waals surface area contributed by atoms with Crippen molar-refractivity contribution in [2.24, 2.45) is 5.92 Å². The topological polar surface area (TPSA) is 32.8 Å². The van der Waals surface area contributed by atoms with Crippen molar-refractivity contribution in [1.29, 1.82) is 0 Å². The highest BCUT2D eigenvalue weighted by molar-refractivity contribution is 5.76. The van der Waals surface area contributed by atoms with Crippen LogP contribution in [0.5, 0.6) is 5.75 Å². The molecular formula is C20H30N2O2. The summed E-state index contributed by atoms with van der Waals surface area (Å²) in [6.45, 7) is 4.79. The van der Waals surface area contributed by atoms with Gasteiger partial charge in [-0.2, -0.15) is 0 Å². The van der Waals surface area contributed by atoms with Gasteiger partial charge in [-0.3, -0.25) is 9.69 Å². The maximum Gasteiger partial charge on any atom is 0.222 e. The summed E-state index contributed by atoms with van der Waals surface area (Å²) < 4.78 is 5.22. The third-order valence-electron chi connectivity index (χ3n) is 5.44. The zero-order chi connectivity index (χ0) is 16.8. The van der Waals surface area contributed by atoms with Crippen LogP contribution < -0.4 is 4.74 Å². The molecule has 0 N–H and O–H groups in total. The molecular weight excluding hydrogens is 300 g/mol. The molecule has 24 heavy (non-hydrogen) atoms. The van der Waals surface area contributed by atoms with Crippen LogP contribution in [0.3, 0.4) is 0 Å². The fourth-order valence-electron chi connectivity index (χ4n) is 3.96. The monoisotopic (exact) mass is 330 g/mol. The molecule has 0 spiro atoms. The quantitative estimate of drug-likeness (QED) is 0.830. The molecule has 1 aromatic rings. The largest absolute Gasteiger partial charge is 0.497 e. The molecule has 2 aliphatic rings. The Morgan fingerprint density at radius 3 is 2.50 bits per heavy atom. The smallest absolute Gasteiger partial charge is 0.222 e. The van der Waals surface area contributed by atoms with Gasteiger partial charge < -0.3 is 9.64 Å². The number of benzene rings is 1. The van der Waals surface area contributed by atoms with Gasteiger partial charge in [0.15, 0.2) is 0 Å². The minimum Gasteiger partial charge on any atom is -0.497 e. The fraction of sp³-hybridized carbons (Fsp3) is 0.650. The van der Waals surface area contributed by atoms with Gasteiger partial charge in [0.1, 0.15) is 5.75 Å². The van der Waals surface area contributed by atoms with E-state index in [2.05, 4.69) is 21.9 Å². The normalized spacial score (nSPS) is 20.1. The molecule has 0 bridgehead atoms. The van der Waals surface area contributed by atoms with E-state index in [0.29, 0.717) is 11.8 Å². The molecule has 0 radical (unpaired) electrons. The summed E-state index contributed by atoms with van der Waals surface area (Å²) in [6.07, 6.45) is 6.98. The zero-order valence-electron chi connectivity index (χ0n) is 14.9. The second-order valence-corrected chi connectivity index (χ2v) is 7.21. The summed E-state index contributed by atoms with van der Waals surface area (Å²) in [5.41, 5.74) is 1.31. The number of ether oxygens (including phenoxy) is 1. The maximum atomic E-state index is 12.5. The molecule has 2 fully saturated rings. The first-order valence-electron chi connectivity index (χ1n) is 9.37. The number of carbonyl (C=O) groups excluding carboxylic acids is 1. The Labute approximate surface area is 145 Å². The molecule has 4 heteroatoms. The number of amides is 1. The first-order chi connectivity index (χ1) is 11.7. The number of carbonyl (C=O) groups is 1. The van der Waals surface area contributed by atoms with Crippen molar-refractivity contribution in [3.05, 3.63) is 29.8 Å². The highest BCUT2D eigenvalue weighted by atomic mass is 16.5. The van der Waals surface area contributed by atoms with Crippen LogP contribution in [0.25, 0.3) is 0 Å². The van der Waals surface area contributed by atoms with Gasteiger partial charge in [-0.15, -0.1) is 0 Å². The SMILES string of the molecule is COc1ccc(CN2CCCN(C(=O)CC3CCCC3)CC2)cc1. The van der Waals surface area contributed by atoms with Gasteiger partial charge in [0.05, 0.1) is 7.11 Å². The lowest BCUT2D eigenvalue weighted by Gasteiger charge is -2.23. The van der Waals surface area contributed by atoms with Crippen molar-refractivity contribution in [2.75, 3.05) is 33.3 Å². The first-order valence-corrected chi connectivity index (χ1v) is 9.37. The maximum absolute atomic E-state index is 12.5. The molecule has 1 aliphatic heterocycles. The molecule has 3 rings (SSSR count). The molecule has 1 heterocycles. The van der Waals surface area contributed by atoms with Gasteiger partial charge >= 0.3 is 0 Å². The number of rotatable bonds is 5. The number of methoxy groups -OCH3 is 1. The average molecular weight is 330 g/mol. The summed E-state index contributed by atoms with van der Waals surface area (Å²) in [6, 6.07) is 8.30. The first kappa shape index (κ1) is 17.3. The average Bonchev–Trinajstić information content (AvgIpc) is 3.00. The second-order valence-electron chi connectivity index (χ2n) is 7.21. The van der Waals surface area contributed by atoms with Crippen molar-refractivity contribution < 1.29 is 9.53 Å². The van der Waals surface area contributed by atoms with Crippen molar-refractivity contribution in [2.45, 2.75) is 45.1 Å². The van der Waals surface area contributed by atoms with Gasteiger partial charge in [0.25, 0.3) is 0 Å². The van der Waals surface area contributed by atoms with Gasteiger partial charge in [-0.05, 0) is 42.9 Å². The van der Waals surface area contributed by atoms with Crippen LogP contribution in [0.4, 0.5) is 0 Å². The molecule has 0 unspecified atom stereocenters. The van der Waals surface area contributed by atoms with Crippen LogP contribution in [0.15, 0.2) is 24.3 Å². The van der Waals surface area contributed by atoms with Gasteiger partial charge in [-0.25, -0.2) is 0 Å². The van der Waals surface area contributed by atoms with E-state index >= 15 is 0 Å². The summed E-state index contributed by atoms with van der Waals surface area (Å²) >= 11 is 0. The minimum absolute atomic E-state index is 0.383. The third-order valence-corrected chi connectivity index (χ3v) is 5.44. The highest BCUT2D eigenvalue weighted by Gasteiger charge is 2.23. The lowest BCUT2D eigenvalue weighted by molar-refractivity contribution is -0.132. The van der Waals surface area contributed by atoms with E-state index in [1.807, 2.05) is 12.1 Å². The predicted octanol–water partition coefficient (Wildman–Crippen LogP) is 3.31. The molecule has 1 aliphatic carbocycles. The lowest BCUT2D eigenvalue weighted by Crippen LogP contribution is -2.35. The lowest BCUT2D eigenvalue weighted by atomic mass is 10.0. The van der Waals surface area contributed by atoms with E-state index in [0.717, 1.165) is 51.3 Å². The van der Waals surface area contributed by atoms with Crippen LogP contribution in [-0.4, -0.2) is 49.0 Å². The summed E-state index contributed by atoms with van der Waals surface area (Å²) in [4.78, 5) is 17.1. The second kappa shape index (κ2) is 8.52. The summed E-state index contributed by atoms with van der Waals surface area (Å²) in [5, 5.41) is 0. The van der Waals surface area contributed by atoms with Crippen molar-refractivity contribution in [1.82, 2.24) is 9.80 Å². The van der Waals surface area contributed by atoms with E-state index in [9.17, 15) is 4.79 Å². The van der Waals surface area contributed by atoms with Crippen molar-refractivity contribution in [3.63, 3.8) is 0 Å². The van der Waals surface area contributed by atoms with Crippen molar-refractivity contribution in [3.8, 4) is 5.75 Å². The van der Waals surface area contributed by atoms with Gasteiger partial charge in [0.2, 0.25) is 5.91 Å². The highest BCUT2D eigenvalue weighted by Crippen LogP contribution is 2.28. The Balaban J connectivity index is 1.47. The van der Waals surface area contributed by atoms with Crippen LogP contribution in [0.2, 0.25) is 0 Å². The molecule has 1 saturated carbocycles. The van der Waals surface area contributed by atoms with Crippen molar-refractivity contribution >= 4 is 5.91 Å². The van der Waals surface area contributed by atoms with Crippen LogP contribution in [-0.2, 0) is 11.3 Å². The van der Waals surface area contributed by atoms with E-state index in [4.69, 9.17) is 4.74 Å². The summed E-state index contributed by atoms with van der Waals surface area (Å²) in [5.74, 6) is 1.93. The van der Waals surface area contributed by atoms with E-state index in [-0.39, 0.29) is 0 Å². The Morgan fingerprint density at radius 2 is 1.79 bits per heavy atom. The molecule has 1 aromatic carbocycles. The third kappa shape index (κ3) is 4.73. The molecule has 0 atom stereocenters. The Kier molecular flexibility index (Phi) is 6.13. The molecule has 4 nitrogen and oxygen atoms in total. The van der Waals surface area contributed by atoms with Gasteiger partial charge in [-0.1, -0.05) is 25.0 Å².